The highest BCUT2D eigenvalue weighted by molar-refractivity contribution is 6.29. The predicted octanol–water partition coefficient (Wildman–Crippen LogP) is 3.49. The summed E-state index contributed by atoms with van der Waals surface area (Å²) in [5.41, 5.74) is 1.25. The summed E-state index contributed by atoms with van der Waals surface area (Å²) in [6.07, 6.45) is 0. The Morgan fingerprint density at radius 3 is 2.65 bits per heavy atom. The summed E-state index contributed by atoms with van der Waals surface area (Å²) in [6.45, 7) is 2.34. The van der Waals surface area contributed by atoms with Crippen LogP contribution < -0.4 is 4.74 Å². The van der Waals surface area contributed by atoms with Crippen LogP contribution in [0.2, 0.25) is 5.15 Å². The monoisotopic (exact) mass is 291 g/mol. The second-order valence-electron chi connectivity index (χ2n) is 3.98. The molecule has 4 nitrogen and oxygen atoms in total. The molecule has 20 heavy (non-hydrogen) atoms. The maximum Gasteiger partial charge on any atom is 0.343 e. The van der Waals surface area contributed by atoms with Crippen molar-refractivity contribution >= 4 is 17.6 Å². The van der Waals surface area contributed by atoms with Crippen LogP contribution in [0.5, 0.6) is 5.88 Å². The number of hydrogen-bond acceptors (Lipinski definition) is 4. The van der Waals surface area contributed by atoms with Gasteiger partial charge in [-0.05, 0) is 24.6 Å². The number of esters is 1. The average molecular weight is 292 g/mol. The van der Waals surface area contributed by atoms with Crippen molar-refractivity contribution in [2.75, 3.05) is 6.61 Å². The van der Waals surface area contributed by atoms with Crippen molar-refractivity contribution in [3.63, 3.8) is 0 Å². The van der Waals surface area contributed by atoms with E-state index in [0.717, 1.165) is 5.56 Å². The van der Waals surface area contributed by atoms with Crippen LogP contribution in [-0.2, 0) is 11.3 Å². The standard InChI is InChI=1S/C15H14ClNO3/c1-2-19-15(18)12-8-9-13(16)17-14(12)20-10-11-6-4-3-5-7-11/h3-9H,2,10H2,1H3. The lowest BCUT2D eigenvalue weighted by molar-refractivity contribution is 0.0520. The Morgan fingerprint density at radius 1 is 1.20 bits per heavy atom. The summed E-state index contributed by atoms with van der Waals surface area (Å²) < 4.78 is 10.5. The van der Waals surface area contributed by atoms with E-state index in [9.17, 15) is 4.79 Å². The number of halogens is 1. The number of carbonyl (C=O) groups is 1. The smallest absolute Gasteiger partial charge is 0.343 e. The Labute approximate surface area is 122 Å². The van der Waals surface area contributed by atoms with E-state index in [1.165, 1.54) is 6.07 Å². The number of rotatable bonds is 5. The van der Waals surface area contributed by atoms with Gasteiger partial charge in [-0.1, -0.05) is 41.9 Å². The largest absolute Gasteiger partial charge is 0.472 e. The molecule has 0 bridgehead atoms. The molecule has 0 saturated carbocycles. The first kappa shape index (κ1) is 14.3. The second-order valence-corrected chi connectivity index (χ2v) is 4.37. The Morgan fingerprint density at radius 2 is 1.95 bits per heavy atom. The molecule has 0 spiro atoms. The van der Waals surface area contributed by atoms with Gasteiger partial charge in [-0.25, -0.2) is 9.78 Å². The Hall–Kier alpha value is -2.07. The highest BCUT2D eigenvalue weighted by Gasteiger charge is 2.16. The number of carbonyl (C=O) groups excluding carboxylic acids is 1. The number of hydrogen-bond donors (Lipinski definition) is 0. The summed E-state index contributed by atoms with van der Waals surface area (Å²) in [5.74, 6) is -0.292. The van der Waals surface area contributed by atoms with E-state index < -0.39 is 5.97 Å². The summed E-state index contributed by atoms with van der Waals surface area (Å²) in [6, 6.07) is 12.7. The van der Waals surface area contributed by atoms with Crippen LogP contribution in [0, 0.1) is 0 Å². The quantitative estimate of drug-likeness (QED) is 0.625. The third-order valence-electron chi connectivity index (χ3n) is 2.54. The van der Waals surface area contributed by atoms with Crippen molar-refractivity contribution in [2.24, 2.45) is 0 Å². The fourth-order valence-corrected chi connectivity index (χ4v) is 1.76. The van der Waals surface area contributed by atoms with Crippen molar-refractivity contribution in [3.8, 4) is 5.88 Å². The first-order chi connectivity index (χ1) is 9.70. The normalized spacial score (nSPS) is 10.1. The van der Waals surface area contributed by atoms with Gasteiger partial charge < -0.3 is 9.47 Å². The van der Waals surface area contributed by atoms with Crippen molar-refractivity contribution in [2.45, 2.75) is 13.5 Å². The SMILES string of the molecule is CCOC(=O)c1ccc(Cl)nc1OCc1ccccc1. The molecular formula is C15H14ClNO3. The van der Waals surface area contributed by atoms with Crippen LogP contribution in [0.1, 0.15) is 22.8 Å². The highest BCUT2D eigenvalue weighted by Crippen LogP contribution is 2.21. The molecule has 1 aromatic carbocycles. The molecule has 0 fully saturated rings. The molecule has 0 aliphatic carbocycles. The minimum Gasteiger partial charge on any atom is -0.472 e. The van der Waals surface area contributed by atoms with Crippen LogP contribution in [0.4, 0.5) is 0 Å². The van der Waals surface area contributed by atoms with Crippen molar-refractivity contribution in [1.82, 2.24) is 4.98 Å². The summed E-state index contributed by atoms with van der Waals surface area (Å²) in [4.78, 5) is 15.8. The molecule has 2 aromatic rings. The van der Waals surface area contributed by atoms with Crippen molar-refractivity contribution in [3.05, 3.63) is 58.7 Å². The third-order valence-corrected chi connectivity index (χ3v) is 2.75. The van der Waals surface area contributed by atoms with Gasteiger partial charge in [0.2, 0.25) is 5.88 Å². The molecule has 2 rings (SSSR count). The van der Waals surface area contributed by atoms with Crippen LogP contribution in [0.3, 0.4) is 0 Å². The van der Waals surface area contributed by atoms with Gasteiger partial charge >= 0.3 is 5.97 Å². The van der Waals surface area contributed by atoms with Gasteiger partial charge in [0.1, 0.15) is 17.3 Å². The van der Waals surface area contributed by atoms with Gasteiger partial charge in [-0.3, -0.25) is 0 Å². The predicted molar refractivity (Wildman–Crippen MR) is 76.0 cm³/mol. The maximum absolute atomic E-state index is 11.8. The van der Waals surface area contributed by atoms with E-state index in [1.807, 2.05) is 30.3 Å². The minimum atomic E-state index is -0.472. The minimum absolute atomic E-state index is 0.180. The van der Waals surface area contributed by atoms with E-state index in [1.54, 1.807) is 13.0 Å². The lowest BCUT2D eigenvalue weighted by Crippen LogP contribution is -2.09. The topological polar surface area (TPSA) is 48.4 Å². The van der Waals surface area contributed by atoms with Gasteiger partial charge in [0.25, 0.3) is 0 Å². The van der Waals surface area contributed by atoms with Crippen LogP contribution in [0.25, 0.3) is 0 Å². The third kappa shape index (κ3) is 3.71. The molecule has 1 heterocycles. The molecule has 104 valence electrons. The molecule has 0 atom stereocenters. The van der Waals surface area contributed by atoms with Crippen molar-refractivity contribution in [1.29, 1.82) is 0 Å². The molecular weight excluding hydrogens is 278 g/mol. The molecule has 0 unspecified atom stereocenters. The van der Waals surface area contributed by atoms with Crippen LogP contribution in [-0.4, -0.2) is 17.6 Å². The zero-order valence-electron chi connectivity index (χ0n) is 11.0. The highest BCUT2D eigenvalue weighted by atomic mass is 35.5. The van der Waals surface area contributed by atoms with Crippen molar-refractivity contribution < 1.29 is 14.3 Å². The fraction of sp³-hybridized carbons (Fsp3) is 0.200. The van der Waals surface area contributed by atoms with E-state index in [-0.39, 0.29) is 16.6 Å². The summed E-state index contributed by atoms with van der Waals surface area (Å²) in [7, 11) is 0. The average Bonchev–Trinajstić information content (AvgIpc) is 2.46. The molecule has 0 aliphatic heterocycles. The Kier molecular flexibility index (Phi) is 4.96. The van der Waals surface area contributed by atoms with E-state index in [0.29, 0.717) is 13.2 Å². The Balaban J connectivity index is 2.17. The number of ether oxygens (including phenoxy) is 2. The molecule has 0 amide bonds. The molecule has 0 aliphatic rings. The van der Waals surface area contributed by atoms with E-state index in [2.05, 4.69) is 4.98 Å². The first-order valence-corrected chi connectivity index (χ1v) is 6.59. The molecule has 1 aromatic heterocycles. The van der Waals surface area contributed by atoms with E-state index in [4.69, 9.17) is 21.1 Å². The first-order valence-electron chi connectivity index (χ1n) is 6.21. The van der Waals surface area contributed by atoms with Gasteiger partial charge in [0.05, 0.1) is 6.61 Å². The zero-order chi connectivity index (χ0) is 14.4. The molecule has 5 heteroatoms. The Bertz CT molecular complexity index is 587. The fourth-order valence-electron chi connectivity index (χ4n) is 1.62. The summed E-state index contributed by atoms with van der Waals surface area (Å²) >= 11 is 5.84. The van der Waals surface area contributed by atoms with Gasteiger partial charge in [-0.15, -0.1) is 0 Å². The lowest BCUT2D eigenvalue weighted by atomic mass is 10.2. The van der Waals surface area contributed by atoms with Crippen LogP contribution in [0.15, 0.2) is 42.5 Å². The van der Waals surface area contributed by atoms with Gasteiger partial charge in [0.15, 0.2) is 0 Å². The molecule has 0 radical (unpaired) electrons. The van der Waals surface area contributed by atoms with Crippen LogP contribution >= 0.6 is 11.6 Å². The maximum atomic E-state index is 11.8. The second kappa shape index (κ2) is 6.91. The van der Waals surface area contributed by atoms with Gasteiger partial charge in [0, 0.05) is 0 Å². The molecule has 0 N–H and O–H groups in total. The summed E-state index contributed by atoms with van der Waals surface area (Å²) in [5, 5.41) is 0.265. The van der Waals surface area contributed by atoms with E-state index >= 15 is 0 Å². The number of nitrogens with zero attached hydrogens (tertiary/aromatic N) is 1. The molecule has 0 saturated heterocycles. The number of aromatic nitrogens is 1. The number of pyridine rings is 1. The lowest BCUT2D eigenvalue weighted by Gasteiger charge is -2.10. The van der Waals surface area contributed by atoms with Gasteiger partial charge in [-0.2, -0.15) is 0 Å². The zero-order valence-corrected chi connectivity index (χ0v) is 11.8. The number of benzene rings is 1.